The van der Waals surface area contributed by atoms with E-state index in [1.165, 1.54) is 20.2 Å². The number of para-hydroxylation sites is 3. The molecule has 0 radical (unpaired) electrons. The molecule has 5 heterocycles. The van der Waals surface area contributed by atoms with Gasteiger partial charge in [0.1, 0.15) is 23.3 Å². The first-order valence-electron chi connectivity index (χ1n) is 27.0. The Morgan fingerprint density at radius 3 is 1.57 bits per heavy atom. The Balaban J connectivity index is 1.14. The van der Waals surface area contributed by atoms with Crippen LogP contribution in [0.1, 0.15) is 11.1 Å². The molecule has 0 atom stereocenters. The largest absolute Gasteiger partial charge is 0.455 e. The average molecular weight is 1070 g/mol. The van der Waals surface area contributed by atoms with Gasteiger partial charge in [-0.2, -0.15) is 10.5 Å². The number of nitrogens with zero attached hydrogens (tertiary/aromatic N) is 4. The molecule has 0 spiro atoms. The van der Waals surface area contributed by atoms with Crippen molar-refractivity contribution >= 4 is 129 Å². The summed E-state index contributed by atoms with van der Waals surface area (Å²) in [6.07, 6.45) is 0. The Bertz CT molecular complexity index is 5610. The molecule has 17 rings (SSSR count). The molecular weight excluding hydrogens is 1020 g/mol. The quantitative estimate of drug-likeness (QED) is 0.167. The first kappa shape index (κ1) is 45.5. The monoisotopic (exact) mass is 1060 g/mol. The maximum atomic E-state index is 12.5. The third kappa shape index (κ3) is 6.39. The molecule has 0 bridgehead atoms. The van der Waals surface area contributed by atoms with E-state index in [4.69, 9.17) is 4.42 Å². The lowest BCUT2D eigenvalue weighted by molar-refractivity contribution is 0.670. The fraction of sp³-hybridized carbons (Fsp3) is 0. The standard InChI is InChI=1S/C74H40N4OS2/c75-41-57-64(44-22-6-2-7-23-44)58(42-76)69(78-70-54(39-38-52-47-27-12-16-36-62(47)80-73(52)70)67-55(43-20-4-1-5-21-43)40-56-48-28-13-17-37-63(48)81-74(56)71(67)78)65(45-24-8-3-9-25-45)68(57)77-59-33-14-10-29-53(59)66-49(30-19-34-60(66)77)51-32-18-31-50-46-26-11-15-35-61(46)79-72(50)51/h1-40H. The second-order valence-electron chi connectivity index (χ2n) is 20.7. The number of aromatic nitrogens is 2. The Hall–Kier alpha value is -10.5. The highest BCUT2D eigenvalue weighted by Crippen LogP contribution is 2.55. The smallest absolute Gasteiger partial charge is 0.143 e. The van der Waals surface area contributed by atoms with E-state index in [-0.39, 0.29) is 0 Å². The van der Waals surface area contributed by atoms with E-state index >= 15 is 0 Å². The first-order valence-corrected chi connectivity index (χ1v) is 28.7. The van der Waals surface area contributed by atoms with Crippen LogP contribution in [-0.4, -0.2) is 9.13 Å². The summed E-state index contributed by atoms with van der Waals surface area (Å²) in [7, 11) is 0. The van der Waals surface area contributed by atoms with E-state index in [2.05, 4.69) is 215 Å². The van der Waals surface area contributed by atoms with Crippen LogP contribution < -0.4 is 0 Å². The molecule has 0 aliphatic rings. The van der Waals surface area contributed by atoms with Gasteiger partial charge in [0.2, 0.25) is 0 Å². The van der Waals surface area contributed by atoms with Crippen molar-refractivity contribution in [1.29, 1.82) is 10.5 Å². The third-order valence-electron chi connectivity index (χ3n) is 16.6. The van der Waals surface area contributed by atoms with Gasteiger partial charge in [-0.05, 0) is 64.2 Å². The SMILES string of the molecule is N#Cc1c(-c2ccccc2)c(C#N)c(-n2c3c(ccc4c5ccccc5sc43)c3c(-c4ccccc4)cc4c5ccccc5sc4c32)c(-c2ccccc2)c1-n1c2ccccc2c2c(-c3cccc4c3oc3ccccc34)cccc21. The van der Waals surface area contributed by atoms with Gasteiger partial charge in [-0.3, -0.25) is 0 Å². The molecule has 12 aromatic carbocycles. The van der Waals surface area contributed by atoms with E-state index in [0.717, 1.165) is 125 Å². The first-order chi connectivity index (χ1) is 40.2. The number of fused-ring (bicyclic) bond motifs is 17. The van der Waals surface area contributed by atoms with Crippen molar-refractivity contribution in [2.75, 3.05) is 0 Å². The maximum Gasteiger partial charge on any atom is 0.143 e. The Labute approximate surface area is 471 Å². The lowest BCUT2D eigenvalue weighted by atomic mass is 9.86. The molecule has 0 amide bonds. The zero-order valence-electron chi connectivity index (χ0n) is 43.1. The molecule has 0 saturated carbocycles. The van der Waals surface area contributed by atoms with E-state index in [1.54, 1.807) is 22.7 Å². The molecule has 0 aliphatic carbocycles. The molecule has 17 aromatic rings. The summed E-state index contributed by atoms with van der Waals surface area (Å²) < 4.78 is 16.2. The zero-order valence-corrected chi connectivity index (χ0v) is 44.7. The summed E-state index contributed by atoms with van der Waals surface area (Å²) in [5.41, 5.74) is 14.9. The molecule has 0 saturated heterocycles. The molecular formula is C74H40N4OS2. The van der Waals surface area contributed by atoms with Gasteiger partial charge in [-0.25, -0.2) is 0 Å². The van der Waals surface area contributed by atoms with Crippen LogP contribution in [0.5, 0.6) is 0 Å². The van der Waals surface area contributed by atoms with Crippen LogP contribution in [-0.2, 0) is 0 Å². The number of hydrogen-bond donors (Lipinski definition) is 0. The fourth-order valence-electron chi connectivity index (χ4n) is 13.3. The van der Waals surface area contributed by atoms with Crippen molar-refractivity contribution in [2.24, 2.45) is 0 Å². The number of furan rings is 1. The topological polar surface area (TPSA) is 70.6 Å². The van der Waals surface area contributed by atoms with Gasteiger partial charge in [0.15, 0.2) is 0 Å². The van der Waals surface area contributed by atoms with Crippen LogP contribution >= 0.6 is 22.7 Å². The molecule has 0 N–H and O–H groups in total. The maximum absolute atomic E-state index is 12.5. The number of benzene rings is 12. The predicted molar refractivity (Wildman–Crippen MR) is 339 cm³/mol. The van der Waals surface area contributed by atoms with Crippen molar-refractivity contribution in [2.45, 2.75) is 0 Å². The van der Waals surface area contributed by atoms with Crippen LogP contribution in [0.4, 0.5) is 0 Å². The number of nitriles is 2. The Morgan fingerprint density at radius 1 is 0.346 bits per heavy atom. The van der Waals surface area contributed by atoms with Crippen molar-refractivity contribution in [3.8, 4) is 68.0 Å². The molecule has 5 aromatic heterocycles. The van der Waals surface area contributed by atoms with Gasteiger partial charge in [0, 0.05) is 80.0 Å². The minimum atomic E-state index is 0.401. The van der Waals surface area contributed by atoms with Gasteiger partial charge < -0.3 is 13.6 Å². The van der Waals surface area contributed by atoms with Gasteiger partial charge in [0.25, 0.3) is 0 Å². The number of hydrogen-bond acceptors (Lipinski definition) is 5. The summed E-state index contributed by atoms with van der Waals surface area (Å²) in [6, 6.07) is 91.1. The second kappa shape index (κ2) is 17.5. The molecule has 0 unspecified atom stereocenters. The van der Waals surface area contributed by atoms with Crippen LogP contribution in [0.2, 0.25) is 0 Å². The van der Waals surface area contributed by atoms with Crippen molar-refractivity contribution in [3.05, 3.63) is 254 Å². The van der Waals surface area contributed by atoms with Gasteiger partial charge in [0.05, 0.1) is 54.0 Å². The van der Waals surface area contributed by atoms with Gasteiger partial charge >= 0.3 is 0 Å². The summed E-state index contributed by atoms with van der Waals surface area (Å²) in [4.78, 5) is 0. The van der Waals surface area contributed by atoms with E-state index in [9.17, 15) is 10.5 Å². The molecule has 7 heteroatoms. The number of thiophene rings is 2. The fourth-order valence-corrected chi connectivity index (χ4v) is 15.8. The van der Waals surface area contributed by atoms with E-state index in [1.807, 2.05) is 48.5 Å². The average Bonchev–Trinajstić information content (AvgIpc) is 3.13. The molecule has 374 valence electrons. The van der Waals surface area contributed by atoms with E-state index in [0.29, 0.717) is 28.1 Å². The highest BCUT2D eigenvalue weighted by atomic mass is 32.1. The van der Waals surface area contributed by atoms with Crippen molar-refractivity contribution in [3.63, 3.8) is 0 Å². The summed E-state index contributed by atoms with van der Waals surface area (Å²) in [5, 5.41) is 35.8. The summed E-state index contributed by atoms with van der Waals surface area (Å²) in [6.45, 7) is 0. The Kier molecular flexibility index (Phi) is 9.82. The lowest BCUT2D eigenvalue weighted by Crippen LogP contribution is -2.11. The van der Waals surface area contributed by atoms with Crippen molar-refractivity contribution < 1.29 is 4.42 Å². The highest BCUT2D eigenvalue weighted by Gasteiger charge is 2.34. The third-order valence-corrected chi connectivity index (χ3v) is 19.0. The van der Waals surface area contributed by atoms with Gasteiger partial charge in [-0.15, -0.1) is 22.7 Å². The lowest BCUT2D eigenvalue weighted by Gasteiger charge is -2.25. The number of rotatable bonds is 6. The molecule has 81 heavy (non-hydrogen) atoms. The van der Waals surface area contributed by atoms with Gasteiger partial charge in [-0.1, -0.05) is 206 Å². The predicted octanol–water partition coefficient (Wildman–Crippen LogP) is 20.9. The zero-order chi connectivity index (χ0) is 53.4. The molecule has 0 aliphatic heterocycles. The molecule has 5 nitrogen and oxygen atoms in total. The van der Waals surface area contributed by atoms with Crippen LogP contribution in [0, 0.1) is 22.7 Å². The minimum Gasteiger partial charge on any atom is -0.455 e. The van der Waals surface area contributed by atoms with Crippen LogP contribution in [0.15, 0.2) is 247 Å². The Morgan fingerprint density at radius 2 is 0.864 bits per heavy atom. The second-order valence-corrected chi connectivity index (χ2v) is 22.9. The van der Waals surface area contributed by atoms with Crippen molar-refractivity contribution in [1.82, 2.24) is 9.13 Å². The highest BCUT2D eigenvalue weighted by molar-refractivity contribution is 7.27. The minimum absolute atomic E-state index is 0.401. The summed E-state index contributed by atoms with van der Waals surface area (Å²) in [5.74, 6) is 0. The van der Waals surface area contributed by atoms with Crippen LogP contribution in [0.3, 0.4) is 0 Å². The van der Waals surface area contributed by atoms with Crippen LogP contribution in [0.25, 0.3) is 162 Å². The molecule has 0 fully saturated rings. The normalized spacial score (nSPS) is 11.9. The van der Waals surface area contributed by atoms with E-state index < -0.39 is 0 Å². The summed E-state index contributed by atoms with van der Waals surface area (Å²) >= 11 is 3.59.